The fourth-order valence-electron chi connectivity index (χ4n) is 3.25. The molecule has 3 rings (SSSR count). The molecule has 0 amide bonds. The number of benzene rings is 1. The summed E-state index contributed by atoms with van der Waals surface area (Å²) < 4.78 is 0. The maximum atomic E-state index is 4.80. The van der Waals surface area contributed by atoms with Crippen LogP contribution < -0.4 is 10.2 Å². The summed E-state index contributed by atoms with van der Waals surface area (Å²) in [6.45, 7) is 7.59. The summed E-state index contributed by atoms with van der Waals surface area (Å²) in [4.78, 5) is 7.27. The smallest absolute Gasteiger partial charge is 0.136 e. The van der Waals surface area contributed by atoms with Crippen LogP contribution in [0.2, 0.25) is 0 Å². The summed E-state index contributed by atoms with van der Waals surface area (Å²) in [5.74, 6) is 1.16. The van der Waals surface area contributed by atoms with Crippen LogP contribution in [-0.4, -0.2) is 24.1 Å². The lowest BCUT2D eigenvalue weighted by molar-refractivity contribution is 0.676. The normalized spacial score (nSPS) is 18.6. The van der Waals surface area contributed by atoms with Crippen molar-refractivity contribution < 1.29 is 0 Å². The van der Waals surface area contributed by atoms with Gasteiger partial charge in [-0.15, -0.1) is 0 Å². The zero-order valence-electron chi connectivity index (χ0n) is 13.1. The van der Waals surface area contributed by atoms with Gasteiger partial charge in [0.1, 0.15) is 5.82 Å². The third-order valence-electron chi connectivity index (χ3n) is 4.42. The minimum atomic E-state index is 0.602. The average Bonchev–Trinajstić information content (AvgIpc) is 2.93. The summed E-state index contributed by atoms with van der Waals surface area (Å²) in [5, 5.41) is 6.12. The molecular weight excluding hydrogens is 258 g/mol. The first-order valence-corrected chi connectivity index (χ1v) is 8.15. The Bertz CT molecular complexity index is 608. The van der Waals surface area contributed by atoms with Gasteiger partial charge < -0.3 is 10.2 Å². The van der Waals surface area contributed by atoms with Crippen LogP contribution in [0.25, 0.3) is 10.8 Å². The van der Waals surface area contributed by atoms with Gasteiger partial charge in [-0.2, -0.15) is 0 Å². The third-order valence-corrected chi connectivity index (χ3v) is 4.42. The number of hydrogen-bond donors (Lipinski definition) is 1. The van der Waals surface area contributed by atoms with Crippen molar-refractivity contribution in [2.24, 2.45) is 0 Å². The van der Waals surface area contributed by atoms with Crippen molar-refractivity contribution >= 4 is 16.6 Å². The molecule has 0 bridgehead atoms. The van der Waals surface area contributed by atoms with Crippen LogP contribution in [0, 0.1) is 0 Å². The quantitative estimate of drug-likeness (QED) is 0.848. The second-order valence-corrected chi connectivity index (χ2v) is 6.01. The van der Waals surface area contributed by atoms with Crippen molar-refractivity contribution in [2.75, 3.05) is 18.0 Å². The van der Waals surface area contributed by atoms with Gasteiger partial charge in [0, 0.05) is 30.7 Å². The van der Waals surface area contributed by atoms with Crippen molar-refractivity contribution in [1.82, 2.24) is 10.3 Å². The Kier molecular flexibility index (Phi) is 4.39. The van der Waals surface area contributed by atoms with Crippen molar-refractivity contribution in [3.8, 4) is 0 Å². The van der Waals surface area contributed by atoms with Gasteiger partial charge in [-0.3, -0.25) is 0 Å². The molecular formula is C18H25N3. The van der Waals surface area contributed by atoms with Crippen LogP contribution in [0.5, 0.6) is 0 Å². The van der Waals surface area contributed by atoms with E-state index in [4.69, 9.17) is 4.98 Å². The maximum Gasteiger partial charge on any atom is 0.136 e. The highest BCUT2D eigenvalue weighted by Crippen LogP contribution is 2.31. The van der Waals surface area contributed by atoms with Crippen molar-refractivity contribution in [3.05, 3.63) is 36.0 Å². The summed E-state index contributed by atoms with van der Waals surface area (Å²) in [5.41, 5.74) is 1.30. The highest BCUT2D eigenvalue weighted by molar-refractivity contribution is 5.94. The highest BCUT2D eigenvalue weighted by atomic mass is 15.2. The summed E-state index contributed by atoms with van der Waals surface area (Å²) in [6.07, 6.45) is 5.77. The van der Waals surface area contributed by atoms with Gasteiger partial charge in [0.05, 0.1) is 0 Å². The summed E-state index contributed by atoms with van der Waals surface area (Å²) in [7, 11) is 0. The monoisotopic (exact) mass is 283 g/mol. The number of hydrogen-bond acceptors (Lipinski definition) is 3. The first kappa shape index (κ1) is 14.3. The zero-order valence-corrected chi connectivity index (χ0v) is 13.1. The van der Waals surface area contributed by atoms with E-state index in [9.17, 15) is 0 Å². The molecule has 3 heteroatoms. The van der Waals surface area contributed by atoms with Crippen molar-refractivity contribution in [3.63, 3.8) is 0 Å². The fourth-order valence-corrected chi connectivity index (χ4v) is 3.25. The van der Waals surface area contributed by atoms with Crippen molar-refractivity contribution in [1.29, 1.82) is 0 Å². The van der Waals surface area contributed by atoms with Crippen LogP contribution in [0.15, 0.2) is 30.5 Å². The maximum absolute atomic E-state index is 4.80. The molecule has 0 radical (unpaired) electrons. The van der Waals surface area contributed by atoms with E-state index in [1.54, 1.807) is 0 Å². The predicted molar refractivity (Wildman–Crippen MR) is 89.8 cm³/mol. The Balaban J connectivity index is 1.98. The number of nitrogens with one attached hydrogen (secondary N) is 1. The molecule has 2 aromatic rings. The van der Waals surface area contributed by atoms with Gasteiger partial charge in [-0.1, -0.05) is 31.2 Å². The third kappa shape index (κ3) is 2.88. The Morgan fingerprint density at radius 2 is 2.10 bits per heavy atom. The summed E-state index contributed by atoms with van der Waals surface area (Å²) in [6, 6.07) is 9.29. The Morgan fingerprint density at radius 3 is 2.81 bits per heavy atom. The molecule has 1 fully saturated rings. The van der Waals surface area contributed by atoms with Crippen LogP contribution in [0.3, 0.4) is 0 Å². The van der Waals surface area contributed by atoms with E-state index in [1.165, 1.54) is 29.2 Å². The molecule has 1 aromatic carbocycles. The number of aromatic nitrogens is 1. The molecule has 0 aliphatic carbocycles. The molecule has 1 atom stereocenters. The molecule has 1 saturated heterocycles. The molecule has 0 saturated carbocycles. The SMILES string of the molecule is CCCNCc1cnc(N2CCCC2C)c2ccccc12. The van der Waals surface area contributed by atoms with Crippen LogP contribution in [0.1, 0.15) is 38.7 Å². The van der Waals surface area contributed by atoms with Crippen molar-refractivity contribution in [2.45, 2.75) is 45.7 Å². The number of anilines is 1. The lowest BCUT2D eigenvalue weighted by Crippen LogP contribution is -2.27. The topological polar surface area (TPSA) is 28.2 Å². The van der Waals surface area contributed by atoms with Crippen LogP contribution in [-0.2, 0) is 6.54 Å². The summed E-state index contributed by atoms with van der Waals surface area (Å²) >= 11 is 0. The van der Waals surface area contributed by atoms with Gasteiger partial charge in [-0.25, -0.2) is 4.98 Å². The molecule has 1 aliphatic heterocycles. The first-order chi connectivity index (χ1) is 10.3. The fraction of sp³-hybridized carbons (Fsp3) is 0.500. The molecule has 0 spiro atoms. The molecule has 1 N–H and O–H groups in total. The lowest BCUT2D eigenvalue weighted by atomic mass is 10.1. The zero-order chi connectivity index (χ0) is 14.7. The molecule has 112 valence electrons. The van der Waals surface area contributed by atoms with Gasteiger partial charge >= 0.3 is 0 Å². The van der Waals surface area contributed by atoms with Gasteiger partial charge in [-0.05, 0) is 43.7 Å². The Hall–Kier alpha value is -1.61. The first-order valence-electron chi connectivity index (χ1n) is 8.15. The minimum absolute atomic E-state index is 0.602. The van der Waals surface area contributed by atoms with E-state index in [1.807, 2.05) is 0 Å². The predicted octanol–water partition coefficient (Wildman–Crippen LogP) is 3.72. The molecule has 1 unspecified atom stereocenters. The van der Waals surface area contributed by atoms with E-state index < -0.39 is 0 Å². The standard InChI is InChI=1S/C18H25N3/c1-3-10-19-12-15-13-20-18(21-11-6-7-14(21)2)17-9-5-4-8-16(15)17/h4-5,8-9,13-14,19H,3,6-7,10-12H2,1-2H3. The van der Waals surface area contributed by atoms with E-state index in [0.29, 0.717) is 6.04 Å². The van der Waals surface area contributed by atoms with Crippen LogP contribution in [0.4, 0.5) is 5.82 Å². The van der Waals surface area contributed by atoms with E-state index in [-0.39, 0.29) is 0 Å². The number of rotatable bonds is 5. The Labute approximate surface area is 127 Å². The lowest BCUT2D eigenvalue weighted by Gasteiger charge is -2.24. The number of pyridine rings is 1. The van der Waals surface area contributed by atoms with Gasteiger partial charge in [0.2, 0.25) is 0 Å². The average molecular weight is 283 g/mol. The van der Waals surface area contributed by atoms with Gasteiger partial charge in [0.15, 0.2) is 0 Å². The largest absolute Gasteiger partial charge is 0.353 e. The van der Waals surface area contributed by atoms with E-state index >= 15 is 0 Å². The van der Waals surface area contributed by atoms with Gasteiger partial charge in [0.25, 0.3) is 0 Å². The highest BCUT2D eigenvalue weighted by Gasteiger charge is 2.23. The van der Waals surface area contributed by atoms with E-state index in [2.05, 4.69) is 54.5 Å². The molecule has 3 nitrogen and oxygen atoms in total. The number of fused-ring (bicyclic) bond motifs is 1. The number of nitrogens with zero attached hydrogens (tertiary/aromatic N) is 2. The second-order valence-electron chi connectivity index (χ2n) is 6.01. The Morgan fingerprint density at radius 1 is 1.29 bits per heavy atom. The minimum Gasteiger partial charge on any atom is -0.353 e. The second kappa shape index (κ2) is 6.44. The molecule has 21 heavy (non-hydrogen) atoms. The van der Waals surface area contributed by atoms with E-state index in [0.717, 1.165) is 31.9 Å². The van der Waals surface area contributed by atoms with Crippen LogP contribution >= 0.6 is 0 Å². The molecule has 1 aliphatic rings. The molecule has 1 aromatic heterocycles. The molecule has 2 heterocycles.